The number of carbonyl (C=O) groups is 1. The molecule has 1 fully saturated rings. The molecule has 0 unspecified atom stereocenters. The van der Waals surface area contributed by atoms with Crippen LogP contribution in [-0.2, 0) is 9.53 Å². The highest BCUT2D eigenvalue weighted by molar-refractivity contribution is 5.77. The van der Waals surface area contributed by atoms with E-state index in [-0.39, 0.29) is 11.4 Å². The summed E-state index contributed by atoms with van der Waals surface area (Å²) in [7, 11) is 0. The van der Waals surface area contributed by atoms with E-state index in [0.29, 0.717) is 26.2 Å². The number of rotatable bonds is 7. The topological polar surface area (TPSA) is 64.3 Å². The van der Waals surface area contributed by atoms with Crippen molar-refractivity contribution in [2.75, 3.05) is 19.8 Å². The van der Waals surface area contributed by atoms with Crippen LogP contribution >= 0.6 is 0 Å². The molecule has 1 aliphatic rings. The van der Waals surface area contributed by atoms with Crippen LogP contribution in [-0.4, -0.2) is 31.2 Å². The molecule has 3 N–H and O–H groups in total. The Balaban J connectivity index is 2.07. The molecule has 1 saturated carbocycles. The quantitative estimate of drug-likeness (QED) is 0.521. The molecule has 0 bridgehead atoms. The first-order valence-corrected chi connectivity index (χ1v) is 6.30. The van der Waals surface area contributed by atoms with Crippen molar-refractivity contribution in [2.24, 2.45) is 5.73 Å². The molecule has 0 spiro atoms. The van der Waals surface area contributed by atoms with Gasteiger partial charge < -0.3 is 15.8 Å². The van der Waals surface area contributed by atoms with E-state index in [1.54, 1.807) is 0 Å². The molecule has 0 aromatic rings. The Bertz CT molecular complexity index is 271. The van der Waals surface area contributed by atoms with Crippen molar-refractivity contribution in [3.05, 3.63) is 12.2 Å². The van der Waals surface area contributed by atoms with Gasteiger partial charge in [0.1, 0.15) is 0 Å². The lowest BCUT2D eigenvalue weighted by molar-refractivity contribution is -0.122. The first kappa shape index (κ1) is 14.2. The number of hydrogen-bond acceptors (Lipinski definition) is 3. The van der Waals surface area contributed by atoms with Crippen LogP contribution in [0.3, 0.4) is 0 Å². The molecule has 0 aromatic heterocycles. The second-order valence-electron chi connectivity index (χ2n) is 5.11. The molecule has 0 radical (unpaired) electrons. The Kier molecular flexibility index (Phi) is 5.65. The SMILES string of the molecule is C=C(C)COCCNC(=O)CC1(N)CCCC1. The average Bonchev–Trinajstić information content (AvgIpc) is 2.63. The number of amides is 1. The number of ether oxygens (including phenoxy) is 1. The Morgan fingerprint density at radius 2 is 2.12 bits per heavy atom. The predicted octanol–water partition coefficient (Wildman–Crippen LogP) is 1.36. The molecule has 0 aliphatic heterocycles. The molecule has 4 heteroatoms. The fraction of sp³-hybridized carbons (Fsp3) is 0.769. The summed E-state index contributed by atoms with van der Waals surface area (Å²) in [5.41, 5.74) is 6.85. The summed E-state index contributed by atoms with van der Waals surface area (Å²) in [4.78, 5) is 11.6. The van der Waals surface area contributed by atoms with Crippen LogP contribution in [0.5, 0.6) is 0 Å². The van der Waals surface area contributed by atoms with Gasteiger partial charge in [-0.25, -0.2) is 0 Å². The minimum atomic E-state index is -0.261. The molecule has 98 valence electrons. The summed E-state index contributed by atoms with van der Waals surface area (Å²) in [6, 6.07) is 0. The van der Waals surface area contributed by atoms with Crippen LogP contribution in [0, 0.1) is 0 Å². The molecule has 4 nitrogen and oxygen atoms in total. The van der Waals surface area contributed by atoms with Gasteiger partial charge in [-0.3, -0.25) is 4.79 Å². The second kappa shape index (κ2) is 6.77. The van der Waals surface area contributed by atoms with Crippen molar-refractivity contribution < 1.29 is 9.53 Å². The summed E-state index contributed by atoms with van der Waals surface area (Å²) in [6.07, 6.45) is 4.66. The third kappa shape index (κ3) is 5.84. The van der Waals surface area contributed by atoms with Gasteiger partial charge in [-0.05, 0) is 19.8 Å². The summed E-state index contributed by atoms with van der Waals surface area (Å²) in [5.74, 6) is 0.0355. The van der Waals surface area contributed by atoms with E-state index in [1.165, 1.54) is 0 Å². The van der Waals surface area contributed by atoms with E-state index in [4.69, 9.17) is 10.5 Å². The number of nitrogens with one attached hydrogen (secondary N) is 1. The lowest BCUT2D eigenvalue weighted by atomic mass is 9.94. The van der Waals surface area contributed by atoms with E-state index in [2.05, 4.69) is 11.9 Å². The highest BCUT2D eigenvalue weighted by Crippen LogP contribution is 2.29. The van der Waals surface area contributed by atoms with E-state index < -0.39 is 0 Å². The minimum Gasteiger partial charge on any atom is -0.375 e. The maximum Gasteiger partial charge on any atom is 0.221 e. The second-order valence-corrected chi connectivity index (χ2v) is 5.11. The van der Waals surface area contributed by atoms with Gasteiger partial charge in [-0.15, -0.1) is 0 Å². The third-order valence-electron chi connectivity index (χ3n) is 3.03. The average molecular weight is 240 g/mol. The highest BCUT2D eigenvalue weighted by atomic mass is 16.5. The number of carbonyl (C=O) groups excluding carboxylic acids is 1. The van der Waals surface area contributed by atoms with Gasteiger partial charge in [-0.2, -0.15) is 0 Å². The Morgan fingerprint density at radius 1 is 1.47 bits per heavy atom. The zero-order chi connectivity index (χ0) is 12.7. The van der Waals surface area contributed by atoms with E-state index in [1.807, 2.05) is 6.92 Å². The molecule has 0 aromatic carbocycles. The van der Waals surface area contributed by atoms with Crippen LogP contribution in [0.1, 0.15) is 39.0 Å². The molecule has 1 rings (SSSR count). The van der Waals surface area contributed by atoms with Crippen molar-refractivity contribution in [1.29, 1.82) is 0 Å². The summed E-state index contributed by atoms with van der Waals surface area (Å²) in [5, 5.41) is 2.83. The van der Waals surface area contributed by atoms with Crippen LogP contribution in [0.15, 0.2) is 12.2 Å². The zero-order valence-electron chi connectivity index (χ0n) is 10.8. The molecule has 0 atom stereocenters. The lowest BCUT2D eigenvalue weighted by Gasteiger charge is -2.22. The molecule has 0 saturated heterocycles. The third-order valence-corrected chi connectivity index (χ3v) is 3.03. The maximum absolute atomic E-state index is 11.6. The van der Waals surface area contributed by atoms with Crippen LogP contribution in [0.25, 0.3) is 0 Å². The van der Waals surface area contributed by atoms with Crippen molar-refractivity contribution >= 4 is 5.91 Å². The van der Waals surface area contributed by atoms with Gasteiger partial charge in [0.2, 0.25) is 5.91 Å². The van der Waals surface area contributed by atoms with Crippen molar-refractivity contribution in [3.63, 3.8) is 0 Å². The molecule has 17 heavy (non-hydrogen) atoms. The molecule has 1 amide bonds. The largest absolute Gasteiger partial charge is 0.375 e. The molecular formula is C13H24N2O2. The fourth-order valence-corrected chi connectivity index (χ4v) is 2.15. The van der Waals surface area contributed by atoms with Crippen LogP contribution in [0.4, 0.5) is 0 Å². The van der Waals surface area contributed by atoms with E-state index >= 15 is 0 Å². The molecule has 0 heterocycles. The standard InChI is InChI=1S/C13H24N2O2/c1-11(2)10-17-8-7-15-12(16)9-13(14)5-3-4-6-13/h1,3-10,14H2,2H3,(H,15,16). The van der Waals surface area contributed by atoms with Crippen molar-refractivity contribution in [3.8, 4) is 0 Å². The molecule has 1 aliphatic carbocycles. The predicted molar refractivity (Wildman–Crippen MR) is 68.6 cm³/mol. The van der Waals surface area contributed by atoms with Gasteiger partial charge in [0.15, 0.2) is 0 Å². The summed E-state index contributed by atoms with van der Waals surface area (Å²) in [6.45, 7) is 7.27. The first-order chi connectivity index (χ1) is 8.02. The zero-order valence-corrected chi connectivity index (χ0v) is 10.8. The fourth-order valence-electron chi connectivity index (χ4n) is 2.15. The van der Waals surface area contributed by atoms with Crippen molar-refractivity contribution in [2.45, 2.75) is 44.6 Å². The van der Waals surface area contributed by atoms with Crippen LogP contribution < -0.4 is 11.1 Å². The normalized spacial score (nSPS) is 18.0. The minimum absolute atomic E-state index is 0.0355. The number of nitrogens with two attached hydrogens (primary N) is 1. The van der Waals surface area contributed by atoms with Crippen molar-refractivity contribution in [1.82, 2.24) is 5.32 Å². The van der Waals surface area contributed by atoms with E-state index in [9.17, 15) is 4.79 Å². The maximum atomic E-state index is 11.6. The first-order valence-electron chi connectivity index (χ1n) is 6.30. The monoisotopic (exact) mass is 240 g/mol. The van der Waals surface area contributed by atoms with Gasteiger partial charge in [0.05, 0.1) is 13.2 Å². The number of hydrogen-bond donors (Lipinski definition) is 2. The van der Waals surface area contributed by atoms with Gasteiger partial charge in [0.25, 0.3) is 0 Å². The smallest absolute Gasteiger partial charge is 0.221 e. The highest BCUT2D eigenvalue weighted by Gasteiger charge is 2.31. The van der Waals surface area contributed by atoms with Crippen LogP contribution in [0.2, 0.25) is 0 Å². The Morgan fingerprint density at radius 3 is 2.71 bits per heavy atom. The Hall–Kier alpha value is -0.870. The summed E-state index contributed by atoms with van der Waals surface area (Å²) < 4.78 is 5.30. The lowest BCUT2D eigenvalue weighted by Crippen LogP contribution is -2.42. The Labute approximate surface area is 104 Å². The summed E-state index contributed by atoms with van der Waals surface area (Å²) >= 11 is 0. The van der Waals surface area contributed by atoms with Gasteiger partial charge in [0, 0.05) is 18.5 Å². The van der Waals surface area contributed by atoms with Gasteiger partial charge >= 0.3 is 0 Å². The van der Waals surface area contributed by atoms with E-state index in [0.717, 1.165) is 31.3 Å². The molecular weight excluding hydrogens is 216 g/mol. The van der Waals surface area contributed by atoms with Gasteiger partial charge in [-0.1, -0.05) is 25.0 Å².